The molecule has 2 aromatic carbocycles. The minimum atomic E-state index is -0.310. The topological polar surface area (TPSA) is 67.9 Å². The molecule has 0 bridgehead atoms. The SMILES string of the molecule is Cc1ccccc1OCC(=O)Nc1ccccc1C(=O)N1CCOCC1. The van der Waals surface area contributed by atoms with E-state index in [-0.39, 0.29) is 18.4 Å². The zero-order chi connectivity index (χ0) is 18.4. The first-order valence-electron chi connectivity index (χ1n) is 8.59. The molecule has 1 fully saturated rings. The van der Waals surface area contributed by atoms with Crippen LogP contribution in [0.5, 0.6) is 5.75 Å². The molecule has 2 amide bonds. The normalized spacial score (nSPS) is 14.0. The number of nitrogens with one attached hydrogen (secondary N) is 1. The molecule has 136 valence electrons. The van der Waals surface area contributed by atoms with Crippen LogP contribution in [-0.2, 0) is 9.53 Å². The van der Waals surface area contributed by atoms with E-state index in [1.165, 1.54) is 0 Å². The number of morpholine rings is 1. The second-order valence-electron chi connectivity index (χ2n) is 6.05. The lowest BCUT2D eigenvalue weighted by atomic mass is 10.1. The summed E-state index contributed by atoms with van der Waals surface area (Å²) < 4.78 is 10.8. The van der Waals surface area contributed by atoms with Gasteiger partial charge < -0.3 is 19.7 Å². The number of aryl methyl sites for hydroxylation is 1. The number of anilines is 1. The Morgan fingerprint density at radius 1 is 1.08 bits per heavy atom. The molecule has 0 atom stereocenters. The summed E-state index contributed by atoms with van der Waals surface area (Å²) in [7, 11) is 0. The van der Waals surface area contributed by atoms with Gasteiger partial charge in [0.25, 0.3) is 11.8 Å². The summed E-state index contributed by atoms with van der Waals surface area (Å²) >= 11 is 0. The Morgan fingerprint density at radius 3 is 2.54 bits per heavy atom. The number of nitrogens with zero attached hydrogens (tertiary/aromatic N) is 1. The lowest BCUT2D eigenvalue weighted by Gasteiger charge is -2.27. The second-order valence-corrected chi connectivity index (χ2v) is 6.05. The standard InChI is InChI=1S/C20H22N2O4/c1-15-6-2-5-9-18(15)26-14-19(23)21-17-8-4-3-7-16(17)20(24)22-10-12-25-13-11-22/h2-9H,10-14H2,1H3,(H,21,23). The lowest BCUT2D eigenvalue weighted by molar-refractivity contribution is -0.118. The van der Waals surface area contributed by atoms with Gasteiger partial charge >= 0.3 is 0 Å². The average Bonchev–Trinajstić information content (AvgIpc) is 2.68. The number of carbonyl (C=O) groups excluding carboxylic acids is 2. The maximum Gasteiger partial charge on any atom is 0.262 e. The molecule has 6 nitrogen and oxygen atoms in total. The Labute approximate surface area is 152 Å². The first-order chi connectivity index (χ1) is 12.6. The summed E-state index contributed by atoms with van der Waals surface area (Å²) in [5, 5.41) is 2.78. The molecule has 0 radical (unpaired) electrons. The van der Waals surface area contributed by atoms with Crippen LogP contribution >= 0.6 is 0 Å². The van der Waals surface area contributed by atoms with Crippen molar-refractivity contribution in [2.24, 2.45) is 0 Å². The average molecular weight is 354 g/mol. The Balaban J connectivity index is 1.65. The minimum absolute atomic E-state index is 0.107. The predicted octanol–water partition coefficient (Wildman–Crippen LogP) is 2.48. The Morgan fingerprint density at radius 2 is 1.77 bits per heavy atom. The fourth-order valence-electron chi connectivity index (χ4n) is 2.76. The van der Waals surface area contributed by atoms with E-state index >= 15 is 0 Å². The van der Waals surface area contributed by atoms with Crippen LogP contribution in [0, 0.1) is 6.92 Å². The zero-order valence-electron chi connectivity index (χ0n) is 14.7. The second kappa shape index (κ2) is 8.49. The zero-order valence-corrected chi connectivity index (χ0v) is 14.7. The molecule has 2 aromatic rings. The number of benzene rings is 2. The van der Waals surface area contributed by atoms with E-state index < -0.39 is 0 Å². The van der Waals surface area contributed by atoms with Crippen LogP contribution in [0.15, 0.2) is 48.5 Å². The van der Waals surface area contributed by atoms with Crippen molar-refractivity contribution < 1.29 is 19.1 Å². The van der Waals surface area contributed by atoms with Crippen molar-refractivity contribution in [2.45, 2.75) is 6.92 Å². The molecule has 0 spiro atoms. The maximum atomic E-state index is 12.7. The number of hydrogen-bond donors (Lipinski definition) is 1. The monoisotopic (exact) mass is 354 g/mol. The number of para-hydroxylation sites is 2. The summed E-state index contributed by atoms with van der Waals surface area (Å²) in [5.41, 5.74) is 1.92. The summed E-state index contributed by atoms with van der Waals surface area (Å²) in [4.78, 5) is 26.7. The summed E-state index contributed by atoms with van der Waals surface area (Å²) in [6.07, 6.45) is 0. The van der Waals surface area contributed by atoms with Gasteiger partial charge in [0.1, 0.15) is 5.75 Å². The molecule has 1 aliphatic rings. The maximum absolute atomic E-state index is 12.7. The Hall–Kier alpha value is -2.86. The number of amides is 2. The molecule has 1 saturated heterocycles. The van der Waals surface area contributed by atoms with Gasteiger partial charge in [0.2, 0.25) is 0 Å². The lowest BCUT2D eigenvalue weighted by Crippen LogP contribution is -2.41. The van der Waals surface area contributed by atoms with Gasteiger partial charge in [-0.3, -0.25) is 9.59 Å². The van der Waals surface area contributed by atoms with Crippen molar-refractivity contribution in [1.82, 2.24) is 4.90 Å². The van der Waals surface area contributed by atoms with Gasteiger partial charge in [-0.2, -0.15) is 0 Å². The van der Waals surface area contributed by atoms with Gasteiger partial charge in [-0.25, -0.2) is 0 Å². The first kappa shape index (κ1) is 17.9. The van der Waals surface area contributed by atoms with Crippen LogP contribution in [-0.4, -0.2) is 49.6 Å². The van der Waals surface area contributed by atoms with Crippen molar-refractivity contribution in [3.05, 3.63) is 59.7 Å². The van der Waals surface area contributed by atoms with Crippen molar-refractivity contribution in [2.75, 3.05) is 38.2 Å². The van der Waals surface area contributed by atoms with Crippen molar-refractivity contribution in [1.29, 1.82) is 0 Å². The largest absolute Gasteiger partial charge is 0.483 e. The highest BCUT2D eigenvalue weighted by atomic mass is 16.5. The number of hydrogen-bond acceptors (Lipinski definition) is 4. The van der Waals surface area contributed by atoms with Crippen molar-refractivity contribution in [3.63, 3.8) is 0 Å². The molecule has 1 heterocycles. The number of carbonyl (C=O) groups is 2. The molecule has 6 heteroatoms. The Bertz CT molecular complexity index is 785. The van der Waals surface area contributed by atoms with Crippen LogP contribution in [0.3, 0.4) is 0 Å². The highest BCUT2D eigenvalue weighted by Crippen LogP contribution is 2.19. The third-order valence-electron chi connectivity index (χ3n) is 4.18. The van der Waals surface area contributed by atoms with E-state index in [1.807, 2.05) is 31.2 Å². The van der Waals surface area contributed by atoms with E-state index in [9.17, 15) is 9.59 Å². The van der Waals surface area contributed by atoms with Crippen molar-refractivity contribution >= 4 is 17.5 Å². The van der Waals surface area contributed by atoms with E-state index in [0.29, 0.717) is 43.3 Å². The van der Waals surface area contributed by atoms with Gasteiger partial charge in [-0.15, -0.1) is 0 Å². The van der Waals surface area contributed by atoms with Gasteiger partial charge in [0, 0.05) is 13.1 Å². The summed E-state index contributed by atoms with van der Waals surface area (Å²) in [6.45, 7) is 3.97. The smallest absolute Gasteiger partial charge is 0.262 e. The number of rotatable bonds is 5. The van der Waals surface area contributed by atoms with Crippen LogP contribution < -0.4 is 10.1 Å². The van der Waals surface area contributed by atoms with E-state index in [4.69, 9.17) is 9.47 Å². The predicted molar refractivity (Wildman–Crippen MR) is 98.5 cm³/mol. The first-order valence-corrected chi connectivity index (χ1v) is 8.59. The minimum Gasteiger partial charge on any atom is -0.483 e. The molecule has 0 aliphatic carbocycles. The highest BCUT2D eigenvalue weighted by molar-refractivity contribution is 6.04. The third-order valence-corrected chi connectivity index (χ3v) is 4.18. The third kappa shape index (κ3) is 4.40. The summed E-state index contributed by atoms with van der Waals surface area (Å²) in [6, 6.07) is 14.5. The Kier molecular flexibility index (Phi) is 5.86. The van der Waals surface area contributed by atoms with E-state index in [2.05, 4.69) is 5.32 Å². The molecule has 0 aromatic heterocycles. The van der Waals surface area contributed by atoms with Gasteiger partial charge in [0.05, 0.1) is 24.5 Å². The molecule has 1 N–H and O–H groups in total. The molecule has 0 saturated carbocycles. The molecule has 1 aliphatic heterocycles. The van der Waals surface area contributed by atoms with Crippen LogP contribution in [0.1, 0.15) is 15.9 Å². The van der Waals surface area contributed by atoms with Gasteiger partial charge in [-0.05, 0) is 30.7 Å². The molecule has 26 heavy (non-hydrogen) atoms. The van der Waals surface area contributed by atoms with E-state index in [0.717, 1.165) is 5.56 Å². The van der Waals surface area contributed by atoms with Gasteiger partial charge in [0.15, 0.2) is 6.61 Å². The van der Waals surface area contributed by atoms with Gasteiger partial charge in [-0.1, -0.05) is 30.3 Å². The molecular formula is C20H22N2O4. The highest BCUT2D eigenvalue weighted by Gasteiger charge is 2.21. The summed E-state index contributed by atoms with van der Waals surface area (Å²) in [5.74, 6) is 0.250. The van der Waals surface area contributed by atoms with E-state index in [1.54, 1.807) is 29.2 Å². The van der Waals surface area contributed by atoms with Crippen LogP contribution in [0.4, 0.5) is 5.69 Å². The molecule has 3 rings (SSSR count). The quantitative estimate of drug-likeness (QED) is 0.896. The van der Waals surface area contributed by atoms with Crippen molar-refractivity contribution in [3.8, 4) is 5.75 Å². The molecular weight excluding hydrogens is 332 g/mol. The number of ether oxygens (including phenoxy) is 2. The van der Waals surface area contributed by atoms with Crippen LogP contribution in [0.25, 0.3) is 0 Å². The fraction of sp³-hybridized carbons (Fsp3) is 0.300. The van der Waals surface area contributed by atoms with Crippen LogP contribution in [0.2, 0.25) is 0 Å². The fourth-order valence-corrected chi connectivity index (χ4v) is 2.76. The molecule has 0 unspecified atom stereocenters.